The van der Waals surface area contributed by atoms with Crippen LogP contribution in [0.25, 0.3) is 0 Å². The predicted octanol–water partition coefficient (Wildman–Crippen LogP) is 11.9. The molecule has 2 saturated heterocycles. The highest BCUT2D eigenvalue weighted by Gasteiger charge is 2.73. The Labute approximate surface area is 363 Å². The van der Waals surface area contributed by atoms with E-state index in [-0.39, 0.29) is 48.7 Å². The van der Waals surface area contributed by atoms with Crippen LogP contribution in [0.4, 0.5) is 65.9 Å². The summed E-state index contributed by atoms with van der Waals surface area (Å²) in [6.45, 7) is -0.844. The van der Waals surface area contributed by atoms with Gasteiger partial charge in [0.2, 0.25) is 0 Å². The van der Waals surface area contributed by atoms with Crippen LogP contribution < -0.4 is 0 Å². The van der Waals surface area contributed by atoms with E-state index in [1.54, 1.807) is 0 Å². The lowest BCUT2D eigenvalue weighted by atomic mass is 9.75. The molecule has 24 heteroatoms. The minimum Gasteiger partial charge on any atom is -0.496 e. The summed E-state index contributed by atoms with van der Waals surface area (Å²) in [7, 11) is -12.5. The van der Waals surface area contributed by atoms with Crippen molar-refractivity contribution in [3.05, 3.63) is 76.0 Å². The van der Waals surface area contributed by atoms with Gasteiger partial charge in [0.25, 0.3) is 0 Å². The van der Waals surface area contributed by atoms with Crippen molar-refractivity contribution in [3.8, 4) is 0 Å². The first-order chi connectivity index (χ1) is 30.0. The number of rotatable bonds is 11. The quantitative estimate of drug-likeness (QED) is 0.161. The molecule has 362 valence electrons. The van der Waals surface area contributed by atoms with Crippen LogP contribution in [0.5, 0.6) is 0 Å². The fourth-order valence-corrected chi connectivity index (χ4v) is 16.7. The minimum absolute atomic E-state index is 0.00167. The smallest absolute Gasteiger partial charge is 0.496 e. The number of hydrogen-bond donors (Lipinski definition) is 0. The predicted molar refractivity (Wildman–Crippen MR) is 197 cm³/mol. The number of alkyl halides is 15. The van der Waals surface area contributed by atoms with Gasteiger partial charge in [-0.2, -0.15) is 77.9 Å². The molecule has 65 heavy (non-hydrogen) atoms. The average molecular weight is 993 g/mol. The number of benzene rings is 1. The van der Waals surface area contributed by atoms with Crippen molar-refractivity contribution in [3.63, 3.8) is 0 Å². The average Bonchev–Trinajstić information content (AvgIpc) is 3.86. The highest BCUT2D eigenvalue weighted by atomic mass is 32.3. The molecule has 4 bridgehead atoms. The number of halogens is 15. The summed E-state index contributed by atoms with van der Waals surface area (Å²) in [5.41, 5.74) is -18.3. The van der Waals surface area contributed by atoms with E-state index < -0.39 is 149 Å². The van der Waals surface area contributed by atoms with Crippen LogP contribution in [0.3, 0.4) is 0 Å². The summed E-state index contributed by atoms with van der Waals surface area (Å²) in [6.07, 6.45) is -29.3. The van der Waals surface area contributed by atoms with Crippen molar-refractivity contribution in [2.45, 2.75) is 98.7 Å². The van der Waals surface area contributed by atoms with E-state index in [9.17, 15) is 74.3 Å². The summed E-state index contributed by atoms with van der Waals surface area (Å²) in [4.78, 5) is -3.30. The first-order valence-electron chi connectivity index (χ1n) is 20.5. The molecule has 6 fully saturated rings. The maximum atomic E-state index is 15.0. The molecule has 7 nitrogen and oxygen atoms in total. The molecule has 0 N–H and O–H groups in total. The Morgan fingerprint density at radius 2 is 1.00 bits per heavy atom. The lowest BCUT2D eigenvalue weighted by Crippen LogP contribution is -2.52. The van der Waals surface area contributed by atoms with Crippen LogP contribution in [0.2, 0.25) is 0 Å². The SMILES string of the molecule is O=S(=O)(OS(C1=C(OCC23CCC(C2)C2COC23)CC(C(F)(F)F)(C(F)(F)F)C=C1)(C1=C(OCC23CCC(C2)C2COC23)CC(C(F)(F)F)(C(F)(F)F)C=C1)c1ccccc1)C(F)(F)F. The molecule has 4 saturated carbocycles. The van der Waals surface area contributed by atoms with E-state index in [0.717, 1.165) is 24.3 Å². The van der Waals surface area contributed by atoms with Crippen LogP contribution in [0.1, 0.15) is 51.4 Å². The molecule has 6 aliphatic carbocycles. The van der Waals surface area contributed by atoms with Gasteiger partial charge in [-0.15, -0.1) is 0 Å². The highest BCUT2D eigenvalue weighted by Crippen LogP contribution is 2.77. The van der Waals surface area contributed by atoms with Gasteiger partial charge in [-0.1, -0.05) is 30.4 Å². The van der Waals surface area contributed by atoms with Crippen molar-refractivity contribution in [2.75, 3.05) is 26.4 Å². The summed E-state index contributed by atoms with van der Waals surface area (Å²) >= 11 is 0. The first kappa shape index (κ1) is 47.0. The van der Waals surface area contributed by atoms with Gasteiger partial charge in [0.05, 0.1) is 48.4 Å². The van der Waals surface area contributed by atoms with Gasteiger partial charge < -0.3 is 18.9 Å². The molecule has 2 heterocycles. The molecule has 2 aliphatic heterocycles. The molecule has 0 aromatic heterocycles. The van der Waals surface area contributed by atoms with Gasteiger partial charge in [-0.05, 0) is 85.0 Å². The van der Waals surface area contributed by atoms with Gasteiger partial charge in [-0.25, -0.2) is 0 Å². The third-order valence-electron chi connectivity index (χ3n) is 15.2. The molecule has 8 atom stereocenters. The Balaban J connectivity index is 1.32. The molecule has 0 spiro atoms. The second kappa shape index (κ2) is 14.7. The second-order valence-electron chi connectivity index (χ2n) is 18.5. The molecular weight excluding hydrogens is 954 g/mol. The van der Waals surface area contributed by atoms with Crippen molar-refractivity contribution in [2.24, 2.45) is 45.3 Å². The molecule has 1 aromatic rings. The lowest BCUT2D eigenvalue weighted by Gasteiger charge is -2.49. The van der Waals surface area contributed by atoms with Crippen LogP contribution in [-0.4, -0.2) is 77.3 Å². The Morgan fingerprint density at radius 3 is 1.32 bits per heavy atom. The zero-order chi connectivity index (χ0) is 47.2. The maximum Gasteiger partial charge on any atom is 0.524 e. The van der Waals surface area contributed by atoms with E-state index in [1.807, 2.05) is 0 Å². The van der Waals surface area contributed by atoms with Gasteiger partial charge >= 0.3 is 40.3 Å². The normalized spacial score (nSPS) is 35.3. The lowest BCUT2D eigenvalue weighted by molar-refractivity contribution is -0.324. The Morgan fingerprint density at radius 1 is 0.600 bits per heavy atom. The highest BCUT2D eigenvalue weighted by molar-refractivity contribution is 8.39. The van der Waals surface area contributed by atoms with Gasteiger partial charge in [0.15, 0.2) is 10.8 Å². The Bertz CT molecular complexity index is 2170. The van der Waals surface area contributed by atoms with Gasteiger partial charge in [0, 0.05) is 40.4 Å². The zero-order valence-electron chi connectivity index (χ0n) is 33.5. The number of hydrogen-bond acceptors (Lipinski definition) is 7. The third kappa shape index (κ3) is 6.83. The molecule has 0 amide bonds. The van der Waals surface area contributed by atoms with E-state index in [4.69, 9.17) is 22.6 Å². The van der Waals surface area contributed by atoms with Crippen molar-refractivity contribution in [1.82, 2.24) is 0 Å². The fraction of sp³-hybridized carbons (Fsp3) is 0.659. The maximum absolute atomic E-state index is 15.0. The van der Waals surface area contributed by atoms with Crippen LogP contribution in [-0.2, 0) is 32.7 Å². The fourth-order valence-electron chi connectivity index (χ4n) is 11.7. The number of allylic oxidation sites excluding steroid dienone is 6. The first-order valence-corrected chi connectivity index (χ1v) is 23.4. The van der Waals surface area contributed by atoms with Crippen molar-refractivity contribution >= 4 is 20.4 Å². The second-order valence-corrected chi connectivity index (χ2v) is 22.9. The standard InChI is InChI=1S/C41H39F15O7S2/c42-37(43,44)35(38(45,46)47)12-8-29(27(16-35)61-20-33-10-6-22(14-33)25-18-59-31(25)33)64(24-4-2-1-3-5-24,63-65(57,58)41(54,55)56)30-9-13-36(39(48,49)50,40(51,52)53)17-28(30)62-21-34-11-7-23(15-34)26-19-60-32(26)34/h1-5,8-9,12-13,22-23,25-26,31-32H,6-7,10-11,14-21H2. The zero-order valence-corrected chi connectivity index (χ0v) is 35.1. The molecule has 0 radical (unpaired) electrons. The van der Waals surface area contributed by atoms with Gasteiger partial charge in [0.1, 0.15) is 11.5 Å². The number of fused-ring (bicyclic) bond motifs is 10. The summed E-state index contributed by atoms with van der Waals surface area (Å²) in [6, 6.07) is 4.92. The van der Waals surface area contributed by atoms with E-state index in [0.29, 0.717) is 38.9 Å². The summed E-state index contributed by atoms with van der Waals surface area (Å²) in [5.74, 6) is -2.90. The van der Waals surface area contributed by atoms with Crippen molar-refractivity contribution in [1.29, 1.82) is 0 Å². The largest absolute Gasteiger partial charge is 0.524 e. The van der Waals surface area contributed by atoms with Crippen LogP contribution in [0.15, 0.2) is 80.9 Å². The monoisotopic (exact) mass is 992 g/mol. The minimum atomic E-state index is -7.15. The topological polar surface area (TPSA) is 80.3 Å². The molecule has 8 aliphatic rings. The van der Waals surface area contributed by atoms with Gasteiger partial charge in [-0.3, -0.25) is 0 Å². The van der Waals surface area contributed by atoms with Crippen LogP contribution >= 0.6 is 10.3 Å². The molecule has 9 rings (SSSR count). The summed E-state index contributed by atoms with van der Waals surface area (Å²) in [5, 5.41) is 0. The molecular formula is C41H39F15O7S2. The third-order valence-corrected chi connectivity index (χ3v) is 20.2. The summed E-state index contributed by atoms with van der Waals surface area (Å²) < 4.78 is 279. The molecule has 8 unspecified atom stereocenters. The van der Waals surface area contributed by atoms with E-state index >= 15 is 0 Å². The van der Waals surface area contributed by atoms with Crippen molar-refractivity contribution < 1.29 is 96.9 Å². The number of ether oxygens (including phenoxy) is 4. The Hall–Kier alpha value is -3.09. The van der Waals surface area contributed by atoms with E-state index in [1.165, 1.54) is 6.07 Å². The van der Waals surface area contributed by atoms with Crippen LogP contribution in [0, 0.1) is 45.3 Å². The Kier molecular flexibility index (Phi) is 10.6. The molecule has 1 aromatic carbocycles. The van der Waals surface area contributed by atoms with E-state index in [2.05, 4.69) is 0 Å².